The zero-order chi connectivity index (χ0) is 16.2. The van der Waals surface area contributed by atoms with Crippen molar-refractivity contribution in [3.8, 4) is 0 Å². The van der Waals surface area contributed by atoms with Crippen LogP contribution >= 0.6 is 0 Å². The number of pyridine rings is 1. The lowest BCUT2D eigenvalue weighted by molar-refractivity contribution is -0.145. The first-order chi connectivity index (χ1) is 11.2. The molecule has 2 aromatic rings. The molecule has 0 radical (unpaired) electrons. The van der Waals surface area contributed by atoms with Gasteiger partial charge in [-0.05, 0) is 24.5 Å². The van der Waals surface area contributed by atoms with Crippen molar-refractivity contribution in [2.75, 3.05) is 13.7 Å². The van der Waals surface area contributed by atoms with Gasteiger partial charge in [-0.2, -0.15) is 0 Å². The number of nitrogens with zero attached hydrogens (tertiary/aromatic N) is 4. The summed E-state index contributed by atoms with van der Waals surface area (Å²) in [6.07, 6.45) is 8.61. The fourth-order valence-corrected chi connectivity index (χ4v) is 3.07. The average Bonchev–Trinajstić information content (AvgIpc) is 3.01. The largest absolute Gasteiger partial charge is 0.369 e. The number of rotatable bonds is 4. The van der Waals surface area contributed by atoms with Gasteiger partial charge in [0.2, 0.25) is 5.91 Å². The predicted octanol–water partition coefficient (Wildman–Crippen LogP) is 1.94. The summed E-state index contributed by atoms with van der Waals surface area (Å²) in [5.41, 5.74) is 1.02. The number of carbonyl (C=O) groups excluding carboxylic acids is 1. The van der Waals surface area contributed by atoms with Crippen molar-refractivity contribution in [1.82, 2.24) is 19.4 Å². The van der Waals surface area contributed by atoms with Gasteiger partial charge in [-0.3, -0.25) is 9.78 Å². The molecule has 122 valence electrons. The van der Waals surface area contributed by atoms with Crippen LogP contribution in [0.5, 0.6) is 0 Å². The normalized spacial score (nSPS) is 21.1. The van der Waals surface area contributed by atoms with E-state index < -0.39 is 0 Å². The quantitative estimate of drug-likeness (QED) is 0.865. The van der Waals surface area contributed by atoms with Gasteiger partial charge in [0.25, 0.3) is 0 Å². The smallest absolute Gasteiger partial charge is 0.228 e. The topological polar surface area (TPSA) is 60.3 Å². The first kappa shape index (κ1) is 15.7. The van der Waals surface area contributed by atoms with Crippen LogP contribution in [-0.4, -0.2) is 39.0 Å². The zero-order valence-electron chi connectivity index (χ0n) is 13.6. The second kappa shape index (κ2) is 6.91. The van der Waals surface area contributed by atoms with E-state index in [0.717, 1.165) is 24.2 Å². The first-order valence-corrected chi connectivity index (χ1v) is 7.89. The standard InChI is InChI=1S/C17H22N4O2/c1-20-9-8-19-16(20)15-14(6-4-10-23-15)17(22)21(2)12-13-5-3-7-18-11-13/h3,5,7-9,11,14-15H,4,6,10,12H2,1-2H3/t14-,15-/m1/s1. The summed E-state index contributed by atoms with van der Waals surface area (Å²) < 4.78 is 7.82. The zero-order valence-corrected chi connectivity index (χ0v) is 13.6. The second-order valence-electron chi connectivity index (χ2n) is 5.99. The SMILES string of the molecule is CN(Cc1cccnc1)C(=O)[C@@H]1CCCO[C@H]1c1nccn1C. The Hall–Kier alpha value is -2.21. The maximum Gasteiger partial charge on any atom is 0.228 e. The molecule has 2 atom stereocenters. The summed E-state index contributed by atoms with van der Waals surface area (Å²) in [5, 5.41) is 0. The minimum Gasteiger partial charge on any atom is -0.369 e. The third kappa shape index (κ3) is 3.42. The molecule has 3 rings (SSSR count). The Morgan fingerprint density at radius 1 is 1.48 bits per heavy atom. The Morgan fingerprint density at radius 3 is 3.04 bits per heavy atom. The van der Waals surface area contributed by atoms with Crippen molar-refractivity contribution < 1.29 is 9.53 Å². The Bertz CT molecular complexity index is 656. The highest BCUT2D eigenvalue weighted by Crippen LogP contribution is 2.34. The van der Waals surface area contributed by atoms with E-state index in [9.17, 15) is 4.79 Å². The number of hydrogen-bond acceptors (Lipinski definition) is 4. The molecule has 0 bridgehead atoms. The molecule has 0 unspecified atom stereocenters. The van der Waals surface area contributed by atoms with E-state index >= 15 is 0 Å². The number of amides is 1. The Balaban J connectivity index is 1.75. The van der Waals surface area contributed by atoms with Crippen molar-refractivity contribution in [3.05, 3.63) is 48.3 Å². The summed E-state index contributed by atoms with van der Waals surface area (Å²) in [4.78, 5) is 23.1. The lowest BCUT2D eigenvalue weighted by Gasteiger charge is -2.33. The molecule has 1 saturated heterocycles. The average molecular weight is 314 g/mol. The van der Waals surface area contributed by atoms with Crippen molar-refractivity contribution >= 4 is 5.91 Å². The molecule has 0 aromatic carbocycles. The molecule has 0 aliphatic carbocycles. The molecule has 6 heteroatoms. The van der Waals surface area contributed by atoms with E-state index in [1.165, 1.54) is 0 Å². The van der Waals surface area contributed by atoms with Crippen LogP contribution in [0.2, 0.25) is 0 Å². The maximum absolute atomic E-state index is 12.9. The molecular weight excluding hydrogens is 292 g/mol. The number of imidazole rings is 1. The van der Waals surface area contributed by atoms with Crippen molar-refractivity contribution in [1.29, 1.82) is 0 Å². The minimum atomic E-state index is -0.271. The number of aryl methyl sites for hydroxylation is 1. The number of carbonyl (C=O) groups is 1. The van der Waals surface area contributed by atoms with Gasteiger partial charge >= 0.3 is 0 Å². The predicted molar refractivity (Wildman–Crippen MR) is 85.3 cm³/mol. The summed E-state index contributed by atoms with van der Waals surface area (Å²) >= 11 is 0. The van der Waals surface area contributed by atoms with Gasteiger partial charge in [0.1, 0.15) is 11.9 Å². The monoisotopic (exact) mass is 314 g/mol. The highest BCUT2D eigenvalue weighted by atomic mass is 16.5. The van der Waals surface area contributed by atoms with Crippen molar-refractivity contribution in [3.63, 3.8) is 0 Å². The summed E-state index contributed by atoms with van der Waals surface area (Å²) in [7, 11) is 3.76. The lowest BCUT2D eigenvalue weighted by atomic mass is 9.92. The van der Waals surface area contributed by atoms with Crippen LogP contribution in [0, 0.1) is 5.92 Å². The molecule has 1 amide bonds. The van der Waals surface area contributed by atoms with Crippen LogP contribution in [0.4, 0.5) is 0 Å². The van der Waals surface area contributed by atoms with Crippen LogP contribution in [-0.2, 0) is 23.1 Å². The molecule has 1 aliphatic heterocycles. The number of aromatic nitrogens is 3. The number of hydrogen-bond donors (Lipinski definition) is 0. The molecular formula is C17H22N4O2. The lowest BCUT2D eigenvalue weighted by Crippen LogP contribution is -2.39. The fourth-order valence-electron chi connectivity index (χ4n) is 3.07. The third-order valence-corrected chi connectivity index (χ3v) is 4.27. The molecule has 0 spiro atoms. The van der Waals surface area contributed by atoms with E-state index in [2.05, 4.69) is 9.97 Å². The van der Waals surface area contributed by atoms with Gasteiger partial charge in [-0.15, -0.1) is 0 Å². The third-order valence-electron chi connectivity index (χ3n) is 4.27. The highest BCUT2D eigenvalue weighted by molar-refractivity contribution is 5.79. The van der Waals surface area contributed by atoms with Gasteiger partial charge < -0.3 is 14.2 Å². The van der Waals surface area contributed by atoms with Gasteiger partial charge in [-0.25, -0.2) is 4.98 Å². The maximum atomic E-state index is 12.9. The van der Waals surface area contributed by atoms with Crippen LogP contribution in [0.1, 0.15) is 30.3 Å². The first-order valence-electron chi connectivity index (χ1n) is 7.89. The molecule has 2 aromatic heterocycles. The summed E-state index contributed by atoms with van der Waals surface area (Å²) in [6.45, 7) is 1.23. The molecule has 0 N–H and O–H groups in total. The Labute approximate surface area is 136 Å². The molecule has 6 nitrogen and oxygen atoms in total. The molecule has 0 saturated carbocycles. The van der Waals surface area contributed by atoms with E-state index in [0.29, 0.717) is 13.2 Å². The molecule has 1 fully saturated rings. The van der Waals surface area contributed by atoms with Crippen LogP contribution in [0.25, 0.3) is 0 Å². The summed E-state index contributed by atoms with van der Waals surface area (Å²) in [6, 6.07) is 3.86. The second-order valence-corrected chi connectivity index (χ2v) is 5.99. The van der Waals surface area contributed by atoms with Crippen LogP contribution in [0.15, 0.2) is 36.9 Å². The van der Waals surface area contributed by atoms with E-state index in [1.54, 1.807) is 23.5 Å². The Kier molecular flexibility index (Phi) is 4.71. The van der Waals surface area contributed by atoms with Crippen molar-refractivity contribution in [2.24, 2.45) is 13.0 Å². The van der Waals surface area contributed by atoms with Gasteiger partial charge in [0.15, 0.2) is 0 Å². The Morgan fingerprint density at radius 2 is 2.35 bits per heavy atom. The molecule has 23 heavy (non-hydrogen) atoms. The van der Waals surface area contributed by atoms with E-state index in [4.69, 9.17) is 4.74 Å². The minimum absolute atomic E-state index is 0.0987. The van der Waals surface area contributed by atoms with Gasteiger partial charge in [-0.1, -0.05) is 6.07 Å². The fraction of sp³-hybridized carbons (Fsp3) is 0.471. The van der Waals surface area contributed by atoms with E-state index in [-0.39, 0.29) is 17.9 Å². The highest BCUT2D eigenvalue weighted by Gasteiger charge is 2.36. The van der Waals surface area contributed by atoms with Crippen LogP contribution < -0.4 is 0 Å². The van der Waals surface area contributed by atoms with Crippen LogP contribution in [0.3, 0.4) is 0 Å². The molecule has 1 aliphatic rings. The van der Waals surface area contributed by atoms with Gasteiger partial charge in [0.05, 0.1) is 5.92 Å². The van der Waals surface area contributed by atoms with Gasteiger partial charge in [0, 0.05) is 52.0 Å². The van der Waals surface area contributed by atoms with Crippen molar-refractivity contribution in [2.45, 2.75) is 25.5 Å². The summed E-state index contributed by atoms with van der Waals surface area (Å²) in [5.74, 6) is 0.728. The number of ether oxygens (including phenoxy) is 1. The van der Waals surface area contributed by atoms with E-state index in [1.807, 2.05) is 37.0 Å². The molecule has 3 heterocycles.